The van der Waals surface area contributed by atoms with Crippen LogP contribution in [0.1, 0.15) is 24.2 Å². The first-order valence-electron chi connectivity index (χ1n) is 6.03. The van der Waals surface area contributed by atoms with Crippen LogP contribution in [0.25, 0.3) is 0 Å². The summed E-state index contributed by atoms with van der Waals surface area (Å²) in [4.78, 5) is 1.21. The first-order chi connectivity index (χ1) is 8.65. The fraction of sp³-hybridized carbons (Fsp3) is 0.357. The Kier molecular flexibility index (Phi) is 4.44. The van der Waals surface area contributed by atoms with Gasteiger partial charge in [-0.05, 0) is 36.6 Å². The second-order valence-corrected chi connectivity index (χ2v) is 5.54. The summed E-state index contributed by atoms with van der Waals surface area (Å²) in [7, 11) is 1.93. The monoisotopic (exact) mass is 262 g/mol. The molecule has 1 heterocycles. The summed E-state index contributed by atoms with van der Waals surface area (Å²) in [5, 5.41) is 13.7. The van der Waals surface area contributed by atoms with Crippen LogP contribution in [-0.4, -0.2) is 20.6 Å². The van der Waals surface area contributed by atoms with E-state index in [-0.39, 0.29) is 0 Å². The molecule has 0 aliphatic rings. The van der Waals surface area contributed by atoms with Crippen LogP contribution in [0, 0.1) is 0 Å². The smallest absolute Gasteiger partial charge is 0.0762 e. The van der Waals surface area contributed by atoms with Crippen LogP contribution >= 0.6 is 11.8 Å². The summed E-state index contributed by atoms with van der Waals surface area (Å²) in [6.45, 7) is 1.79. The lowest BCUT2D eigenvalue weighted by atomic mass is 10.1. The number of hydrogen-bond acceptors (Lipinski definition) is 3. The zero-order valence-electron chi connectivity index (χ0n) is 10.7. The third-order valence-corrected chi connectivity index (χ3v) is 3.75. The number of thioether (sulfide) groups is 1. The first-order valence-corrected chi connectivity index (χ1v) is 7.02. The van der Waals surface area contributed by atoms with Crippen molar-refractivity contribution in [3.05, 3.63) is 47.8 Å². The third kappa shape index (κ3) is 3.62. The van der Waals surface area contributed by atoms with E-state index in [0.29, 0.717) is 0 Å². The third-order valence-electron chi connectivity index (χ3n) is 2.76. The van der Waals surface area contributed by atoms with E-state index in [4.69, 9.17) is 0 Å². The molecule has 1 aromatic heterocycles. The number of nitrogens with zero attached hydrogens (tertiary/aromatic N) is 2. The Morgan fingerprint density at radius 3 is 2.94 bits per heavy atom. The van der Waals surface area contributed by atoms with Crippen LogP contribution < -0.4 is 0 Å². The number of aromatic nitrogens is 2. The molecule has 0 fully saturated rings. The van der Waals surface area contributed by atoms with Crippen molar-refractivity contribution in [2.24, 2.45) is 7.05 Å². The van der Waals surface area contributed by atoms with E-state index in [1.807, 2.05) is 48.0 Å². The molecule has 18 heavy (non-hydrogen) atoms. The van der Waals surface area contributed by atoms with E-state index in [2.05, 4.69) is 17.2 Å². The van der Waals surface area contributed by atoms with Crippen molar-refractivity contribution in [1.29, 1.82) is 0 Å². The van der Waals surface area contributed by atoms with Gasteiger partial charge in [0.2, 0.25) is 0 Å². The highest BCUT2D eigenvalue weighted by molar-refractivity contribution is 7.99. The molecular formula is C14H18N2OS. The maximum absolute atomic E-state index is 9.53. The normalized spacial score (nSPS) is 12.6. The fourth-order valence-electron chi connectivity index (χ4n) is 1.75. The molecule has 0 amide bonds. The van der Waals surface area contributed by atoms with E-state index in [0.717, 1.165) is 17.7 Å². The minimum Gasteiger partial charge on any atom is -0.389 e. The zero-order valence-corrected chi connectivity index (χ0v) is 11.5. The Hall–Kier alpha value is -1.26. The average Bonchev–Trinajstić information content (AvgIpc) is 2.75. The van der Waals surface area contributed by atoms with Gasteiger partial charge < -0.3 is 5.11 Å². The van der Waals surface area contributed by atoms with E-state index in [9.17, 15) is 5.11 Å². The van der Waals surface area contributed by atoms with E-state index >= 15 is 0 Å². The lowest BCUT2D eigenvalue weighted by Gasteiger charge is -2.06. The van der Waals surface area contributed by atoms with Gasteiger partial charge in [-0.2, -0.15) is 5.10 Å². The maximum Gasteiger partial charge on any atom is 0.0762 e. The Morgan fingerprint density at radius 2 is 2.28 bits per heavy atom. The summed E-state index contributed by atoms with van der Waals surface area (Å²) in [5.74, 6) is 1.02. The summed E-state index contributed by atoms with van der Waals surface area (Å²) < 4.78 is 1.83. The van der Waals surface area contributed by atoms with Crippen LogP contribution in [0.15, 0.2) is 41.6 Å². The van der Waals surface area contributed by atoms with Crippen LogP contribution in [0.5, 0.6) is 0 Å². The van der Waals surface area contributed by atoms with Crippen molar-refractivity contribution < 1.29 is 5.11 Å². The number of hydrogen-bond donors (Lipinski definition) is 1. The molecule has 1 N–H and O–H groups in total. The minimum absolute atomic E-state index is 0.399. The predicted molar refractivity (Wildman–Crippen MR) is 74.7 cm³/mol. The molecule has 0 saturated heterocycles. The van der Waals surface area contributed by atoms with Gasteiger partial charge in [0.05, 0.1) is 12.3 Å². The molecule has 1 atom stereocenters. The molecule has 0 aliphatic heterocycles. The Balaban J connectivity index is 1.88. The molecule has 0 bridgehead atoms. The largest absolute Gasteiger partial charge is 0.389 e. The number of benzene rings is 1. The summed E-state index contributed by atoms with van der Waals surface area (Å²) >= 11 is 1.81. The topological polar surface area (TPSA) is 38.1 Å². The average molecular weight is 262 g/mol. The van der Waals surface area contributed by atoms with Crippen molar-refractivity contribution in [3.63, 3.8) is 0 Å². The molecule has 2 aromatic rings. The van der Waals surface area contributed by atoms with Crippen molar-refractivity contribution in [1.82, 2.24) is 9.78 Å². The van der Waals surface area contributed by atoms with Crippen LogP contribution in [0.2, 0.25) is 0 Å². The number of rotatable bonds is 5. The Bertz CT molecular complexity index is 508. The fourth-order valence-corrected chi connectivity index (χ4v) is 2.72. The molecule has 1 aromatic carbocycles. The second-order valence-electron chi connectivity index (χ2n) is 4.37. The lowest BCUT2D eigenvalue weighted by molar-refractivity contribution is 0.199. The van der Waals surface area contributed by atoms with Crippen molar-refractivity contribution in [3.8, 4) is 0 Å². The maximum atomic E-state index is 9.53. The molecular weight excluding hydrogens is 244 g/mol. The van der Waals surface area contributed by atoms with Gasteiger partial charge in [-0.25, -0.2) is 0 Å². The molecule has 0 aliphatic carbocycles. The number of aliphatic hydroxyl groups is 1. The highest BCUT2D eigenvalue weighted by Gasteiger charge is 2.02. The van der Waals surface area contributed by atoms with Gasteiger partial charge in [0.1, 0.15) is 0 Å². The standard InChI is InChI=1S/C14H18N2OS/c1-11(17)13-4-3-5-14(8-13)18-7-6-12-9-15-16(2)10-12/h3-5,8-11,17H,6-7H2,1-2H3. The van der Waals surface area contributed by atoms with E-state index in [1.165, 1.54) is 10.5 Å². The van der Waals surface area contributed by atoms with Gasteiger partial charge in [-0.1, -0.05) is 12.1 Å². The molecule has 4 heteroatoms. The molecule has 0 spiro atoms. The minimum atomic E-state index is -0.399. The van der Waals surface area contributed by atoms with Gasteiger partial charge in [0.25, 0.3) is 0 Å². The van der Waals surface area contributed by atoms with Crippen molar-refractivity contribution >= 4 is 11.8 Å². The predicted octanol–water partition coefficient (Wildman–Crippen LogP) is 2.81. The Labute approximate surface area is 112 Å². The Morgan fingerprint density at radius 1 is 1.44 bits per heavy atom. The molecule has 3 nitrogen and oxygen atoms in total. The van der Waals surface area contributed by atoms with Gasteiger partial charge in [-0.15, -0.1) is 11.8 Å². The molecule has 0 radical (unpaired) electrons. The van der Waals surface area contributed by atoms with E-state index in [1.54, 1.807) is 6.92 Å². The van der Waals surface area contributed by atoms with Crippen LogP contribution in [0.3, 0.4) is 0 Å². The molecule has 96 valence electrons. The van der Waals surface area contributed by atoms with Gasteiger partial charge in [-0.3, -0.25) is 4.68 Å². The van der Waals surface area contributed by atoms with Gasteiger partial charge in [0.15, 0.2) is 0 Å². The van der Waals surface area contributed by atoms with Gasteiger partial charge >= 0.3 is 0 Å². The summed E-state index contributed by atoms with van der Waals surface area (Å²) in [6, 6.07) is 8.09. The molecule has 1 unspecified atom stereocenters. The lowest BCUT2D eigenvalue weighted by Crippen LogP contribution is -1.91. The van der Waals surface area contributed by atoms with Gasteiger partial charge in [0, 0.05) is 23.9 Å². The SMILES string of the molecule is CC(O)c1cccc(SCCc2cnn(C)c2)c1. The van der Waals surface area contributed by atoms with E-state index < -0.39 is 6.10 Å². The molecule has 0 saturated carbocycles. The van der Waals surface area contributed by atoms with Crippen LogP contribution in [0.4, 0.5) is 0 Å². The van der Waals surface area contributed by atoms with Crippen molar-refractivity contribution in [2.75, 3.05) is 5.75 Å². The second kappa shape index (κ2) is 6.07. The number of aliphatic hydroxyl groups excluding tert-OH is 1. The van der Waals surface area contributed by atoms with Crippen molar-refractivity contribution in [2.45, 2.75) is 24.3 Å². The molecule has 2 rings (SSSR count). The first kappa shape index (κ1) is 13.2. The number of aryl methyl sites for hydroxylation is 2. The quantitative estimate of drug-likeness (QED) is 0.842. The summed E-state index contributed by atoms with van der Waals surface area (Å²) in [6.07, 6.45) is 4.57. The zero-order chi connectivity index (χ0) is 13.0. The van der Waals surface area contributed by atoms with Crippen LogP contribution in [-0.2, 0) is 13.5 Å². The summed E-state index contributed by atoms with van der Waals surface area (Å²) in [5.41, 5.74) is 2.23. The highest BCUT2D eigenvalue weighted by Crippen LogP contribution is 2.23. The highest BCUT2D eigenvalue weighted by atomic mass is 32.2.